The number of hydrogen-bond acceptors (Lipinski definition) is 4. The summed E-state index contributed by atoms with van der Waals surface area (Å²) in [5.74, 6) is 0.239. The van der Waals surface area contributed by atoms with Gasteiger partial charge in [0.1, 0.15) is 0 Å². The van der Waals surface area contributed by atoms with Crippen LogP contribution in [-0.2, 0) is 6.54 Å². The lowest BCUT2D eigenvalue weighted by Gasteiger charge is -2.05. The van der Waals surface area contributed by atoms with Crippen molar-refractivity contribution in [3.05, 3.63) is 34.7 Å². The Morgan fingerprint density at radius 3 is 2.76 bits per heavy atom. The van der Waals surface area contributed by atoms with E-state index in [0.29, 0.717) is 5.02 Å². The van der Waals surface area contributed by atoms with Gasteiger partial charge in [-0.2, -0.15) is 4.98 Å². The molecule has 0 radical (unpaired) electrons. The molecule has 2 aromatic rings. The van der Waals surface area contributed by atoms with E-state index in [2.05, 4.69) is 10.1 Å². The summed E-state index contributed by atoms with van der Waals surface area (Å²) in [5.41, 5.74) is 5.25. The Labute approximate surface area is 100 Å². The zero-order valence-corrected chi connectivity index (χ0v) is 9.29. The Bertz CT molecular complexity index is 530. The number of halogens is 3. The third kappa shape index (κ3) is 2.42. The van der Waals surface area contributed by atoms with Crippen molar-refractivity contribution < 1.29 is 13.3 Å². The molecule has 7 heteroatoms. The number of benzene rings is 1. The molecule has 0 saturated heterocycles. The first-order chi connectivity index (χ1) is 8.11. The van der Waals surface area contributed by atoms with Gasteiger partial charge in [-0.25, -0.2) is 8.78 Å². The van der Waals surface area contributed by atoms with Gasteiger partial charge in [-0.1, -0.05) is 22.8 Å². The SMILES string of the molecule is NCc1nc(-c2cc(Cl)ccc2C(F)F)no1. The molecule has 4 nitrogen and oxygen atoms in total. The molecule has 90 valence electrons. The van der Waals surface area contributed by atoms with E-state index in [0.717, 1.165) is 0 Å². The number of aromatic nitrogens is 2. The summed E-state index contributed by atoms with van der Waals surface area (Å²) in [4.78, 5) is 3.89. The van der Waals surface area contributed by atoms with Crippen molar-refractivity contribution in [1.82, 2.24) is 10.1 Å². The zero-order valence-electron chi connectivity index (χ0n) is 8.53. The van der Waals surface area contributed by atoms with Crippen molar-refractivity contribution >= 4 is 11.6 Å². The van der Waals surface area contributed by atoms with Crippen molar-refractivity contribution in [3.8, 4) is 11.4 Å². The molecule has 0 unspecified atom stereocenters. The van der Waals surface area contributed by atoms with Gasteiger partial charge in [0.25, 0.3) is 6.43 Å². The minimum absolute atomic E-state index is 0.0532. The fourth-order valence-corrected chi connectivity index (χ4v) is 1.53. The highest BCUT2D eigenvalue weighted by Gasteiger charge is 2.18. The molecule has 0 aliphatic heterocycles. The molecule has 0 aliphatic carbocycles. The highest BCUT2D eigenvalue weighted by Crippen LogP contribution is 2.31. The second-order valence-corrected chi connectivity index (χ2v) is 3.68. The van der Waals surface area contributed by atoms with Crippen molar-refractivity contribution in [1.29, 1.82) is 0 Å². The van der Waals surface area contributed by atoms with Crippen LogP contribution in [0.2, 0.25) is 5.02 Å². The first-order valence-corrected chi connectivity index (χ1v) is 5.10. The standard InChI is InChI=1S/C10H8ClF2N3O/c11-5-1-2-6(9(12)13)7(3-5)10-15-8(4-14)17-16-10/h1-3,9H,4,14H2. The van der Waals surface area contributed by atoms with E-state index in [4.69, 9.17) is 21.9 Å². The van der Waals surface area contributed by atoms with Crippen LogP contribution in [0.4, 0.5) is 8.78 Å². The maximum Gasteiger partial charge on any atom is 0.264 e. The lowest BCUT2D eigenvalue weighted by molar-refractivity contribution is 0.152. The second-order valence-electron chi connectivity index (χ2n) is 3.25. The largest absolute Gasteiger partial charge is 0.338 e. The van der Waals surface area contributed by atoms with E-state index in [1.165, 1.54) is 18.2 Å². The van der Waals surface area contributed by atoms with Gasteiger partial charge in [-0.3, -0.25) is 0 Å². The maximum atomic E-state index is 12.8. The molecule has 0 bridgehead atoms. The summed E-state index contributed by atoms with van der Waals surface area (Å²) in [6, 6.07) is 3.99. The molecule has 0 amide bonds. The molecular formula is C10H8ClF2N3O. The van der Waals surface area contributed by atoms with E-state index >= 15 is 0 Å². The fraction of sp³-hybridized carbons (Fsp3) is 0.200. The first-order valence-electron chi connectivity index (χ1n) is 4.72. The van der Waals surface area contributed by atoms with Gasteiger partial charge in [0.2, 0.25) is 11.7 Å². The van der Waals surface area contributed by atoms with Gasteiger partial charge >= 0.3 is 0 Å². The molecule has 1 aromatic heterocycles. The Hall–Kier alpha value is -1.53. The van der Waals surface area contributed by atoms with Crippen molar-refractivity contribution in [3.63, 3.8) is 0 Å². The predicted octanol–water partition coefficient (Wildman–Crippen LogP) is 2.79. The minimum Gasteiger partial charge on any atom is -0.338 e. The van der Waals surface area contributed by atoms with Crippen LogP contribution in [0.25, 0.3) is 11.4 Å². The van der Waals surface area contributed by atoms with Gasteiger partial charge in [-0.05, 0) is 12.1 Å². The number of hydrogen-bond donors (Lipinski definition) is 1. The quantitative estimate of drug-likeness (QED) is 0.920. The molecule has 0 atom stereocenters. The van der Waals surface area contributed by atoms with Crippen molar-refractivity contribution in [2.45, 2.75) is 13.0 Å². The van der Waals surface area contributed by atoms with Crippen LogP contribution in [-0.4, -0.2) is 10.1 Å². The first kappa shape index (κ1) is 11.9. The average Bonchev–Trinajstić information content (AvgIpc) is 2.76. The van der Waals surface area contributed by atoms with Crippen LogP contribution in [0.15, 0.2) is 22.7 Å². The third-order valence-electron chi connectivity index (χ3n) is 2.13. The van der Waals surface area contributed by atoms with Crippen LogP contribution in [0, 0.1) is 0 Å². The van der Waals surface area contributed by atoms with Crippen molar-refractivity contribution in [2.24, 2.45) is 5.73 Å². The number of nitrogens with two attached hydrogens (primary N) is 1. The van der Waals surface area contributed by atoms with E-state index in [1.807, 2.05) is 0 Å². The average molecular weight is 260 g/mol. The monoisotopic (exact) mass is 259 g/mol. The minimum atomic E-state index is -2.64. The lowest BCUT2D eigenvalue weighted by atomic mass is 10.1. The van der Waals surface area contributed by atoms with E-state index in [9.17, 15) is 8.78 Å². The van der Waals surface area contributed by atoms with E-state index in [1.54, 1.807) is 0 Å². The number of rotatable bonds is 3. The summed E-state index contributed by atoms with van der Waals surface area (Å²) in [5, 5.41) is 3.91. The molecule has 2 rings (SSSR count). The Balaban J connectivity index is 2.52. The highest BCUT2D eigenvalue weighted by atomic mass is 35.5. The van der Waals surface area contributed by atoms with E-state index < -0.39 is 6.43 Å². The summed E-state index contributed by atoms with van der Waals surface area (Å²) >= 11 is 5.76. The summed E-state index contributed by atoms with van der Waals surface area (Å²) < 4.78 is 30.3. The second kappa shape index (κ2) is 4.77. The smallest absolute Gasteiger partial charge is 0.264 e. The van der Waals surface area contributed by atoms with Crippen LogP contribution < -0.4 is 5.73 Å². The topological polar surface area (TPSA) is 64.9 Å². The van der Waals surface area contributed by atoms with Crippen LogP contribution in [0.5, 0.6) is 0 Å². The summed E-state index contributed by atoms with van der Waals surface area (Å²) in [6.07, 6.45) is -2.64. The Morgan fingerprint density at radius 1 is 1.41 bits per heavy atom. The molecule has 17 heavy (non-hydrogen) atoms. The lowest BCUT2D eigenvalue weighted by Crippen LogP contribution is -1.96. The van der Waals surface area contributed by atoms with Crippen molar-refractivity contribution in [2.75, 3.05) is 0 Å². The summed E-state index contributed by atoms with van der Waals surface area (Å²) in [7, 11) is 0. The number of nitrogens with zero attached hydrogens (tertiary/aromatic N) is 2. The van der Waals surface area contributed by atoms with Gasteiger partial charge in [0, 0.05) is 16.1 Å². The van der Waals surface area contributed by atoms with Gasteiger partial charge in [-0.15, -0.1) is 0 Å². The zero-order chi connectivity index (χ0) is 12.4. The van der Waals surface area contributed by atoms with Gasteiger partial charge < -0.3 is 10.3 Å². The molecule has 0 aliphatic rings. The molecule has 0 fully saturated rings. The molecular weight excluding hydrogens is 252 g/mol. The van der Waals surface area contributed by atoms with Gasteiger partial charge in [0.15, 0.2) is 0 Å². The number of alkyl halides is 2. The fourth-order valence-electron chi connectivity index (χ4n) is 1.36. The van der Waals surface area contributed by atoms with Gasteiger partial charge in [0.05, 0.1) is 6.54 Å². The normalized spacial score (nSPS) is 11.1. The van der Waals surface area contributed by atoms with E-state index in [-0.39, 0.29) is 29.4 Å². The Kier molecular flexibility index (Phi) is 3.35. The van der Waals surface area contributed by atoms with Crippen LogP contribution in [0.3, 0.4) is 0 Å². The molecule has 0 spiro atoms. The van der Waals surface area contributed by atoms with Crippen LogP contribution >= 0.6 is 11.6 Å². The van der Waals surface area contributed by atoms with Crippen LogP contribution in [0.1, 0.15) is 17.9 Å². The maximum absolute atomic E-state index is 12.8. The molecule has 0 saturated carbocycles. The Morgan fingerprint density at radius 2 is 2.18 bits per heavy atom. The summed E-state index contributed by atoms with van der Waals surface area (Å²) in [6.45, 7) is 0.0532. The molecule has 1 aromatic carbocycles. The molecule has 1 heterocycles. The highest BCUT2D eigenvalue weighted by molar-refractivity contribution is 6.30. The molecule has 2 N–H and O–H groups in total. The predicted molar refractivity (Wildman–Crippen MR) is 57.6 cm³/mol. The third-order valence-corrected chi connectivity index (χ3v) is 2.37.